The molecule has 4 rings (SSSR count). The van der Waals surface area contributed by atoms with Gasteiger partial charge in [-0.2, -0.15) is 0 Å². The molecule has 2 heterocycles. The largest absolute Gasteiger partial charge is 0.507 e. The second-order valence-electron chi connectivity index (χ2n) is 7.15. The van der Waals surface area contributed by atoms with E-state index in [1.54, 1.807) is 29.2 Å². The number of rotatable bonds is 2. The molecule has 0 bridgehead atoms. The molecule has 2 fully saturated rings. The first kappa shape index (κ1) is 17.0. The monoisotopic (exact) mass is 355 g/mol. The number of likely N-dealkylation sites (tertiary alicyclic amines) is 1. The Hall–Kier alpha value is -2.44. The Bertz CT molecular complexity index is 842. The van der Waals surface area contributed by atoms with Crippen LogP contribution in [0.2, 0.25) is 0 Å². The Balaban J connectivity index is 1.56. The van der Waals surface area contributed by atoms with Crippen LogP contribution in [0.4, 0.5) is 4.39 Å². The van der Waals surface area contributed by atoms with E-state index in [0.29, 0.717) is 18.7 Å². The van der Waals surface area contributed by atoms with Gasteiger partial charge in [-0.05, 0) is 43.2 Å². The van der Waals surface area contributed by atoms with Crippen molar-refractivity contribution < 1.29 is 14.3 Å². The molecular formula is C20H22FN3O2. The summed E-state index contributed by atoms with van der Waals surface area (Å²) >= 11 is 0. The second-order valence-corrected chi connectivity index (χ2v) is 7.15. The Morgan fingerprint density at radius 3 is 2.88 bits per heavy atom. The van der Waals surface area contributed by atoms with E-state index in [1.165, 1.54) is 12.1 Å². The summed E-state index contributed by atoms with van der Waals surface area (Å²) in [6, 6.07) is 11.8. The van der Waals surface area contributed by atoms with Gasteiger partial charge in [-0.25, -0.2) is 9.82 Å². The number of aryl methyl sites for hydroxylation is 1. The molecule has 2 aromatic carbocycles. The van der Waals surface area contributed by atoms with Crippen molar-refractivity contribution in [2.45, 2.75) is 25.4 Å². The van der Waals surface area contributed by atoms with Crippen molar-refractivity contribution in [3.8, 4) is 5.75 Å². The number of amides is 1. The minimum atomic E-state index is -0.263. The lowest BCUT2D eigenvalue weighted by molar-refractivity contribution is 0.0649. The molecule has 6 heteroatoms. The molecule has 3 N–H and O–H groups in total. The van der Waals surface area contributed by atoms with Crippen molar-refractivity contribution in [1.29, 1.82) is 0 Å². The molecule has 26 heavy (non-hydrogen) atoms. The number of aromatic hydroxyl groups is 1. The van der Waals surface area contributed by atoms with E-state index >= 15 is 0 Å². The molecule has 5 nitrogen and oxygen atoms in total. The number of fused-ring (bicyclic) bond motifs is 1. The maximum absolute atomic E-state index is 13.6. The molecule has 0 radical (unpaired) electrons. The summed E-state index contributed by atoms with van der Waals surface area (Å²) in [7, 11) is 0. The third-order valence-electron chi connectivity index (χ3n) is 5.39. The second kappa shape index (κ2) is 6.70. The molecule has 0 spiro atoms. The van der Waals surface area contributed by atoms with Crippen molar-refractivity contribution in [2.24, 2.45) is 5.92 Å². The number of halogens is 1. The minimum Gasteiger partial charge on any atom is -0.507 e. The number of piperidine rings is 1. The topological polar surface area (TPSA) is 64.6 Å². The van der Waals surface area contributed by atoms with E-state index in [2.05, 4.69) is 10.9 Å². The van der Waals surface area contributed by atoms with Crippen LogP contribution in [-0.4, -0.2) is 35.0 Å². The summed E-state index contributed by atoms with van der Waals surface area (Å²) in [4.78, 5) is 14.7. The summed E-state index contributed by atoms with van der Waals surface area (Å²) in [6.07, 6.45) is 0.807. The van der Waals surface area contributed by atoms with Crippen molar-refractivity contribution in [3.05, 3.63) is 65.0 Å². The van der Waals surface area contributed by atoms with E-state index in [4.69, 9.17) is 0 Å². The number of carbonyl (C=O) groups excluding carboxylic acids is 1. The number of hydrogen-bond donors (Lipinski definition) is 3. The van der Waals surface area contributed by atoms with Crippen molar-refractivity contribution in [1.82, 2.24) is 15.8 Å². The van der Waals surface area contributed by atoms with Gasteiger partial charge in [-0.3, -0.25) is 10.2 Å². The van der Waals surface area contributed by atoms with Crippen LogP contribution < -0.4 is 10.9 Å². The van der Waals surface area contributed by atoms with Crippen LogP contribution in [0.15, 0.2) is 42.5 Å². The predicted octanol–water partition coefficient (Wildman–Crippen LogP) is 2.52. The van der Waals surface area contributed by atoms with E-state index in [1.807, 2.05) is 13.0 Å². The van der Waals surface area contributed by atoms with E-state index < -0.39 is 0 Å². The van der Waals surface area contributed by atoms with Gasteiger partial charge in [-0.1, -0.05) is 23.8 Å². The fraction of sp³-hybridized carbons (Fsp3) is 0.350. The maximum Gasteiger partial charge on any atom is 0.257 e. The number of hydrogen-bond acceptors (Lipinski definition) is 4. The first-order chi connectivity index (χ1) is 12.5. The smallest absolute Gasteiger partial charge is 0.257 e. The standard InChI is InChI=1S/C20H22FN3O2/c1-12-5-6-18(25)15(9-12)20(26)24-8-7-17-16(11-24)19(23-22-17)13-3-2-4-14(21)10-13/h2-6,9-10,16-17,19,22-23,25H,7-8,11H2,1H3. The van der Waals surface area contributed by atoms with Crippen molar-refractivity contribution in [2.75, 3.05) is 13.1 Å². The van der Waals surface area contributed by atoms with Gasteiger partial charge in [0.1, 0.15) is 11.6 Å². The van der Waals surface area contributed by atoms with Crippen LogP contribution in [0, 0.1) is 18.7 Å². The summed E-state index contributed by atoms with van der Waals surface area (Å²) in [5, 5.41) is 10.1. The third-order valence-corrected chi connectivity index (χ3v) is 5.39. The first-order valence-corrected chi connectivity index (χ1v) is 8.88. The Kier molecular flexibility index (Phi) is 4.38. The average molecular weight is 355 g/mol. The number of nitrogens with one attached hydrogen (secondary N) is 2. The molecule has 2 aromatic rings. The number of phenols is 1. The van der Waals surface area contributed by atoms with Crippen LogP contribution in [0.5, 0.6) is 5.75 Å². The number of carbonyl (C=O) groups is 1. The van der Waals surface area contributed by atoms with Crippen LogP contribution in [0.3, 0.4) is 0 Å². The molecule has 3 atom stereocenters. The normalized spacial score (nSPS) is 25.2. The Morgan fingerprint density at radius 2 is 2.08 bits per heavy atom. The van der Waals surface area contributed by atoms with Gasteiger partial charge in [0, 0.05) is 25.0 Å². The van der Waals surface area contributed by atoms with E-state index in [9.17, 15) is 14.3 Å². The van der Waals surface area contributed by atoms with Gasteiger partial charge in [0.2, 0.25) is 0 Å². The molecule has 0 aromatic heterocycles. The third kappa shape index (κ3) is 3.06. The van der Waals surface area contributed by atoms with Gasteiger partial charge in [-0.15, -0.1) is 0 Å². The van der Waals surface area contributed by atoms with Gasteiger partial charge in [0.15, 0.2) is 0 Å². The van der Waals surface area contributed by atoms with E-state index in [0.717, 1.165) is 17.5 Å². The highest BCUT2D eigenvalue weighted by atomic mass is 19.1. The minimum absolute atomic E-state index is 0.00655. The SMILES string of the molecule is Cc1ccc(O)c(C(=O)N2CCC3NNC(c4cccc(F)c4)C3C2)c1. The van der Waals surface area contributed by atoms with Crippen LogP contribution in [0.1, 0.15) is 33.9 Å². The fourth-order valence-corrected chi connectivity index (χ4v) is 4.01. The highest BCUT2D eigenvalue weighted by Crippen LogP contribution is 2.34. The van der Waals surface area contributed by atoms with E-state index in [-0.39, 0.29) is 35.5 Å². The van der Waals surface area contributed by atoms with Gasteiger partial charge >= 0.3 is 0 Å². The summed E-state index contributed by atoms with van der Waals surface area (Å²) in [6.45, 7) is 3.07. The first-order valence-electron chi connectivity index (χ1n) is 8.88. The zero-order valence-electron chi connectivity index (χ0n) is 14.6. The van der Waals surface area contributed by atoms with Gasteiger partial charge < -0.3 is 10.0 Å². The molecule has 2 aliphatic heterocycles. The Labute approximate surface area is 151 Å². The zero-order chi connectivity index (χ0) is 18.3. The number of hydrazine groups is 1. The number of nitrogens with zero attached hydrogens (tertiary/aromatic N) is 1. The lowest BCUT2D eigenvalue weighted by Crippen LogP contribution is -2.47. The molecule has 0 saturated carbocycles. The highest BCUT2D eigenvalue weighted by Gasteiger charge is 2.42. The summed E-state index contributed by atoms with van der Waals surface area (Å²) in [5.41, 5.74) is 8.69. The molecule has 3 unspecified atom stereocenters. The van der Waals surface area contributed by atoms with Gasteiger partial charge in [0.25, 0.3) is 5.91 Å². The van der Waals surface area contributed by atoms with Gasteiger partial charge in [0.05, 0.1) is 11.6 Å². The van der Waals surface area contributed by atoms with Crippen LogP contribution in [-0.2, 0) is 0 Å². The zero-order valence-corrected chi connectivity index (χ0v) is 14.6. The molecule has 2 aliphatic rings. The molecule has 136 valence electrons. The fourth-order valence-electron chi connectivity index (χ4n) is 4.01. The lowest BCUT2D eigenvalue weighted by atomic mass is 9.85. The average Bonchev–Trinajstić information content (AvgIpc) is 3.06. The summed E-state index contributed by atoms with van der Waals surface area (Å²) in [5.74, 6) is -0.274. The molecular weight excluding hydrogens is 333 g/mol. The quantitative estimate of drug-likeness (QED) is 0.775. The Morgan fingerprint density at radius 1 is 1.23 bits per heavy atom. The van der Waals surface area contributed by atoms with Crippen molar-refractivity contribution in [3.63, 3.8) is 0 Å². The predicted molar refractivity (Wildman–Crippen MR) is 96.1 cm³/mol. The molecule has 0 aliphatic carbocycles. The number of benzene rings is 2. The van der Waals surface area contributed by atoms with Crippen LogP contribution >= 0.6 is 0 Å². The highest BCUT2D eigenvalue weighted by molar-refractivity contribution is 5.97. The van der Waals surface area contributed by atoms with Crippen molar-refractivity contribution >= 4 is 5.91 Å². The van der Waals surface area contributed by atoms with Crippen LogP contribution in [0.25, 0.3) is 0 Å². The maximum atomic E-state index is 13.6. The number of phenolic OH excluding ortho intramolecular Hbond substituents is 1. The summed E-state index contributed by atoms with van der Waals surface area (Å²) < 4.78 is 13.6. The lowest BCUT2D eigenvalue weighted by Gasteiger charge is -2.36. The molecule has 2 saturated heterocycles. The molecule has 1 amide bonds.